The molecule has 1 rings (SSSR count). The summed E-state index contributed by atoms with van der Waals surface area (Å²) in [5.41, 5.74) is 2.25. The summed E-state index contributed by atoms with van der Waals surface area (Å²) < 4.78 is 28.4. The van der Waals surface area contributed by atoms with Gasteiger partial charge in [0.05, 0.1) is 5.75 Å². The molecular formula is C14H20O4S. The molecule has 0 aliphatic carbocycles. The molecule has 0 radical (unpaired) electrons. The van der Waals surface area contributed by atoms with E-state index in [0.717, 1.165) is 11.1 Å². The summed E-state index contributed by atoms with van der Waals surface area (Å²) in [6.45, 7) is 4.07. The molecule has 106 valence electrons. The minimum Gasteiger partial charge on any atom is -0.385 e. The van der Waals surface area contributed by atoms with Crippen molar-refractivity contribution in [1.29, 1.82) is 0 Å². The molecule has 0 aliphatic rings. The van der Waals surface area contributed by atoms with E-state index in [1.807, 2.05) is 26.0 Å². The second-order valence-electron chi connectivity index (χ2n) is 4.68. The molecule has 0 N–H and O–H groups in total. The number of ketones is 1. The van der Waals surface area contributed by atoms with Crippen molar-refractivity contribution in [3.63, 3.8) is 0 Å². The van der Waals surface area contributed by atoms with Crippen LogP contribution in [0.4, 0.5) is 0 Å². The highest BCUT2D eigenvalue weighted by atomic mass is 32.2. The van der Waals surface area contributed by atoms with Gasteiger partial charge in [-0.05, 0) is 31.9 Å². The molecule has 0 aliphatic heterocycles. The van der Waals surface area contributed by atoms with Crippen molar-refractivity contribution >= 4 is 15.6 Å². The molecule has 0 saturated carbocycles. The van der Waals surface area contributed by atoms with E-state index in [4.69, 9.17) is 4.74 Å². The van der Waals surface area contributed by atoms with Gasteiger partial charge in [-0.3, -0.25) is 4.79 Å². The average molecular weight is 284 g/mol. The quantitative estimate of drug-likeness (QED) is 0.567. The lowest BCUT2D eigenvalue weighted by molar-refractivity contribution is 0.102. The van der Waals surface area contributed by atoms with Crippen LogP contribution in [-0.2, 0) is 14.6 Å². The molecule has 0 fully saturated rings. The largest absolute Gasteiger partial charge is 0.385 e. The molecule has 0 unspecified atom stereocenters. The minimum atomic E-state index is -3.36. The van der Waals surface area contributed by atoms with Gasteiger partial charge in [-0.25, -0.2) is 8.42 Å². The van der Waals surface area contributed by atoms with Gasteiger partial charge in [0.2, 0.25) is 0 Å². The molecule has 0 amide bonds. The van der Waals surface area contributed by atoms with Crippen LogP contribution in [0.25, 0.3) is 0 Å². The first-order chi connectivity index (χ1) is 8.85. The molecule has 0 aromatic heterocycles. The summed E-state index contributed by atoms with van der Waals surface area (Å²) in [5.74, 6) is -0.781. The van der Waals surface area contributed by atoms with Gasteiger partial charge in [0, 0.05) is 19.3 Å². The Balaban J connectivity index is 2.76. The highest BCUT2D eigenvalue weighted by molar-refractivity contribution is 7.92. The third kappa shape index (κ3) is 5.12. The summed E-state index contributed by atoms with van der Waals surface area (Å²) in [6.07, 6.45) is 0.416. The number of hydrogen-bond acceptors (Lipinski definition) is 4. The van der Waals surface area contributed by atoms with Crippen LogP contribution in [-0.4, -0.2) is 39.4 Å². The summed E-state index contributed by atoms with van der Waals surface area (Å²) in [7, 11) is -1.84. The van der Waals surface area contributed by atoms with Crippen molar-refractivity contribution < 1.29 is 17.9 Å². The van der Waals surface area contributed by atoms with Crippen LogP contribution in [0.3, 0.4) is 0 Å². The smallest absolute Gasteiger partial charge is 0.178 e. The second kappa shape index (κ2) is 6.82. The van der Waals surface area contributed by atoms with Crippen LogP contribution >= 0.6 is 0 Å². The van der Waals surface area contributed by atoms with Gasteiger partial charge >= 0.3 is 0 Å². The van der Waals surface area contributed by atoms with Gasteiger partial charge in [-0.1, -0.05) is 17.7 Å². The first-order valence-electron chi connectivity index (χ1n) is 6.15. The Morgan fingerprint density at radius 2 is 1.95 bits per heavy atom. The fourth-order valence-corrected chi connectivity index (χ4v) is 3.07. The van der Waals surface area contributed by atoms with E-state index >= 15 is 0 Å². The summed E-state index contributed by atoms with van der Waals surface area (Å²) in [4.78, 5) is 12.1. The normalized spacial score (nSPS) is 11.5. The fraction of sp³-hybridized carbons (Fsp3) is 0.500. The Hall–Kier alpha value is -1.20. The Bertz CT molecular complexity index is 547. The highest BCUT2D eigenvalue weighted by Crippen LogP contribution is 2.12. The maximum Gasteiger partial charge on any atom is 0.178 e. The number of ether oxygens (including phenoxy) is 1. The average Bonchev–Trinajstić information content (AvgIpc) is 2.31. The van der Waals surface area contributed by atoms with E-state index in [-0.39, 0.29) is 11.5 Å². The number of Topliss-reactive ketones (excluding diaryl/α,β-unsaturated/α-hetero) is 1. The van der Waals surface area contributed by atoms with Gasteiger partial charge in [-0.2, -0.15) is 0 Å². The second-order valence-corrected chi connectivity index (χ2v) is 6.86. The van der Waals surface area contributed by atoms with E-state index in [1.54, 1.807) is 6.07 Å². The van der Waals surface area contributed by atoms with Gasteiger partial charge in [0.25, 0.3) is 0 Å². The predicted molar refractivity (Wildman–Crippen MR) is 75.4 cm³/mol. The van der Waals surface area contributed by atoms with Gasteiger partial charge in [-0.15, -0.1) is 0 Å². The van der Waals surface area contributed by atoms with E-state index < -0.39 is 15.6 Å². The summed E-state index contributed by atoms with van der Waals surface area (Å²) in [5, 5.41) is 0. The maximum absolute atomic E-state index is 12.1. The lowest BCUT2D eigenvalue weighted by atomic mass is 10.0. The molecule has 0 saturated heterocycles. The number of carbonyl (C=O) groups is 1. The monoisotopic (exact) mass is 284 g/mol. The zero-order valence-electron chi connectivity index (χ0n) is 11.6. The van der Waals surface area contributed by atoms with Gasteiger partial charge in [0.1, 0.15) is 5.75 Å². The summed E-state index contributed by atoms with van der Waals surface area (Å²) >= 11 is 0. The third-order valence-corrected chi connectivity index (χ3v) is 4.46. The molecule has 0 spiro atoms. The van der Waals surface area contributed by atoms with E-state index in [9.17, 15) is 13.2 Å². The molecule has 1 aromatic rings. The predicted octanol–water partition coefficient (Wildman–Crippen LogP) is 1.94. The number of sulfone groups is 1. The zero-order valence-corrected chi connectivity index (χ0v) is 12.4. The number of hydrogen-bond donors (Lipinski definition) is 0. The third-order valence-electron chi connectivity index (χ3n) is 2.85. The van der Waals surface area contributed by atoms with Crippen LogP contribution < -0.4 is 0 Å². The van der Waals surface area contributed by atoms with Crippen molar-refractivity contribution in [2.45, 2.75) is 20.3 Å². The molecule has 0 heterocycles. The zero-order chi connectivity index (χ0) is 14.5. The Kier molecular flexibility index (Phi) is 5.69. The summed E-state index contributed by atoms with van der Waals surface area (Å²) in [6, 6.07) is 5.47. The number of benzene rings is 1. The Labute approximate surface area is 114 Å². The minimum absolute atomic E-state index is 0.0164. The topological polar surface area (TPSA) is 60.4 Å². The van der Waals surface area contributed by atoms with Crippen molar-refractivity contribution in [3.8, 4) is 0 Å². The Morgan fingerprint density at radius 1 is 1.26 bits per heavy atom. The number of rotatable bonds is 7. The van der Waals surface area contributed by atoms with Crippen molar-refractivity contribution in [1.82, 2.24) is 0 Å². The molecule has 4 nitrogen and oxygen atoms in total. The van der Waals surface area contributed by atoms with Crippen LogP contribution in [0, 0.1) is 13.8 Å². The molecule has 0 bridgehead atoms. The number of carbonyl (C=O) groups excluding carboxylic acids is 1. The lowest BCUT2D eigenvalue weighted by Gasteiger charge is -2.07. The Morgan fingerprint density at radius 3 is 2.58 bits per heavy atom. The molecule has 5 heteroatoms. The van der Waals surface area contributed by atoms with Crippen LogP contribution in [0.5, 0.6) is 0 Å². The first-order valence-corrected chi connectivity index (χ1v) is 7.97. The SMILES string of the molecule is COCCCS(=O)(=O)CC(=O)c1cc(C)ccc1C. The van der Waals surface area contributed by atoms with E-state index in [1.165, 1.54) is 7.11 Å². The van der Waals surface area contributed by atoms with E-state index in [2.05, 4.69) is 0 Å². The maximum atomic E-state index is 12.1. The number of methoxy groups -OCH3 is 1. The van der Waals surface area contributed by atoms with Crippen LogP contribution in [0.2, 0.25) is 0 Å². The standard InChI is InChI=1S/C14H20O4S/c1-11-5-6-12(2)13(9-11)14(15)10-19(16,17)8-4-7-18-3/h5-6,9H,4,7-8,10H2,1-3H3. The molecular weight excluding hydrogens is 264 g/mol. The molecule has 19 heavy (non-hydrogen) atoms. The van der Waals surface area contributed by atoms with Crippen molar-refractivity contribution in [2.75, 3.05) is 25.2 Å². The highest BCUT2D eigenvalue weighted by Gasteiger charge is 2.19. The van der Waals surface area contributed by atoms with Crippen molar-refractivity contribution in [2.24, 2.45) is 0 Å². The fourth-order valence-electron chi connectivity index (χ4n) is 1.81. The first kappa shape index (κ1) is 15.9. The van der Waals surface area contributed by atoms with Gasteiger partial charge in [0.15, 0.2) is 15.6 Å². The lowest BCUT2D eigenvalue weighted by Crippen LogP contribution is -2.20. The molecule has 1 aromatic carbocycles. The number of aryl methyl sites for hydroxylation is 2. The van der Waals surface area contributed by atoms with Gasteiger partial charge < -0.3 is 4.74 Å². The van der Waals surface area contributed by atoms with E-state index in [0.29, 0.717) is 18.6 Å². The van der Waals surface area contributed by atoms with Crippen LogP contribution in [0.1, 0.15) is 27.9 Å². The van der Waals surface area contributed by atoms with Crippen molar-refractivity contribution in [3.05, 3.63) is 34.9 Å². The van der Waals surface area contributed by atoms with Crippen LogP contribution in [0.15, 0.2) is 18.2 Å². The molecule has 0 atom stereocenters.